The molecular weight excluding hydrogens is 486 g/mol. The first-order valence-electron chi connectivity index (χ1n) is 13.3. The van der Waals surface area contributed by atoms with Gasteiger partial charge in [0, 0.05) is 25.6 Å². The summed E-state index contributed by atoms with van der Waals surface area (Å²) in [6, 6.07) is 14.9. The summed E-state index contributed by atoms with van der Waals surface area (Å²) in [5, 5.41) is 3.12. The van der Waals surface area contributed by atoms with Gasteiger partial charge < -0.3 is 10.2 Å². The first kappa shape index (κ1) is 28.7. The third-order valence-electron chi connectivity index (χ3n) is 7.09. The zero-order valence-corrected chi connectivity index (χ0v) is 23.4. The third-order valence-corrected chi connectivity index (χ3v) is 8.28. The standard InChI is InChI=1S/C29H41N3O4S/c1-5-24-15-17-27(18-16-24)32(37(4,35)36)19-9-14-28(33)31(21-25-11-8-10-22(2)20-25)23(3)29(34)30-26-12-6-7-13-26/h8,10-11,15-18,20,23,26H,5-7,9,12-14,19,21H2,1-4H3,(H,30,34)/t23-/m1/s1. The van der Waals surface area contributed by atoms with Crippen LogP contribution in [-0.4, -0.2) is 50.0 Å². The minimum Gasteiger partial charge on any atom is -0.352 e. The minimum atomic E-state index is -3.51. The number of sulfonamides is 1. The highest BCUT2D eigenvalue weighted by Crippen LogP contribution is 2.21. The first-order valence-corrected chi connectivity index (χ1v) is 15.2. The molecule has 7 nitrogen and oxygen atoms in total. The van der Waals surface area contributed by atoms with Gasteiger partial charge in [-0.3, -0.25) is 13.9 Å². The van der Waals surface area contributed by atoms with E-state index < -0.39 is 16.1 Å². The van der Waals surface area contributed by atoms with Crippen molar-refractivity contribution in [3.8, 4) is 0 Å². The quantitative estimate of drug-likeness (QED) is 0.438. The van der Waals surface area contributed by atoms with E-state index in [9.17, 15) is 18.0 Å². The van der Waals surface area contributed by atoms with Crippen molar-refractivity contribution in [2.75, 3.05) is 17.1 Å². The lowest BCUT2D eigenvalue weighted by atomic mass is 10.1. The molecule has 0 saturated heterocycles. The van der Waals surface area contributed by atoms with Crippen LogP contribution < -0.4 is 9.62 Å². The Balaban J connectivity index is 1.71. The van der Waals surface area contributed by atoms with Gasteiger partial charge in [-0.15, -0.1) is 0 Å². The highest BCUT2D eigenvalue weighted by atomic mass is 32.2. The minimum absolute atomic E-state index is 0.137. The van der Waals surface area contributed by atoms with Crippen LogP contribution in [0.2, 0.25) is 0 Å². The van der Waals surface area contributed by atoms with E-state index in [1.54, 1.807) is 24.0 Å². The van der Waals surface area contributed by atoms with Crippen molar-refractivity contribution in [2.45, 2.75) is 84.3 Å². The summed E-state index contributed by atoms with van der Waals surface area (Å²) in [6.07, 6.45) is 6.73. The first-order chi connectivity index (χ1) is 17.6. The summed E-state index contributed by atoms with van der Waals surface area (Å²) in [4.78, 5) is 28.1. The van der Waals surface area contributed by atoms with E-state index in [1.807, 2.05) is 50.2 Å². The highest BCUT2D eigenvalue weighted by molar-refractivity contribution is 7.92. The number of hydrogen-bond donors (Lipinski definition) is 1. The zero-order chi connectivity index (χ0) is 27.0. The van der Waals surface area contributed by atoms with Gasteiger partial charge in [0.15, 0.2) is 0 Å². The number of benzene rings is 2. The van der Waals surface area contributed by atoms with Crippen molar-refractivity contribution in [2.24, 2.45) is 0 Å². The second-order valence-corrected chi connectivity index (χ2v) is 12.0. The third kappa shape index (κ3) is 8.32. The average Bonchev–Trinajstić information content (AvgIpc) is 3.37. The summed E-state index contributed by atoms with van der Waals surface area (Å²) >= 11 is 0. The van der Waals surface area contributed by atoms with E-state index in [-0.39, 0.29) is 30.8 Å². The molecule has 1 N–H and O–H groups in total. The summed E-state index contributed by atoms with van der Waals surface area (Å²) < 4.78 is 26.4. The molecular formula is C29H41N3O4S. The van der Waals surface area contributed by atoms with E-state index in [2.05, 4.69) is 5.32 Å². The Morgan fingerprint density at radius 2 is 1.73 bits per heavy atom. The predicted molar refractivity (Wildman–Crippen MR) is 149 cm³/mol. The molecule has 0 spiro atoms. The van der Waals surface area contributed by atoms with Crippen molar-refractivity contribution < 1.29 is 18.0 Å². The van der Waals surface area contributed by atoms with Crippen LogP contribution in [-0.2, 0) is 32.6 Å². The number of amides is 2. The summed E-state index contributed by atoms with van der Waals surface area (Å²) in [6.45, 7) is 6.34. The van der Waals surface area contributed by atoms with Crippen molar-refractivity contribution in [3.05, 3.63) is 65.2 Å². The number of nitrogens with zero attached hydrogens (tertiary/aromatic N) is 2. The van der Waals surface area contributed by atoms with Gasteiger partial charge in [-0.25, -0.2) is 8.42 Å². The molecule has 1 atom stereocenters. The maximum atomic E-state index is 13.4. The number of hydrogen-bond acceptors (Lipinski definition) is 4. The second-order valence-electron chi connectivity index (χ2n) is 10.1. The van der Waals surface area contributed by atoms with Crippen molar-refractivity contribution in [3.63, 3.8) is 0 Å². The summed E-state index contributed by atoms with van der Waals surface area (Å²) in [5.41, 5.74) is 3.77. The molecule has 1 fully saturated rings. The van der Waals surface area contributed by atoms with Gasteiger partial charge >= 0.3 is 0 Å². The Morgan fingerprint density at radius 3 is 2.32 bits per heavy atom. The van der Waals surface area contributed by atoms with Gasteiger partial charge in [-0.05, 0) is 62.8 Å². The topological polar surface area (TPSA) is 86.8 Å². The summed E-state index contributed by atoms with van der Waals surface area (Å²) in [5.74, 6) is -0.299. The van der Waals surface area contributed by atoms with Gasteiger partial charge in [-0.1, -0.05) is 61.7 Å². The molecule has 2 aromatic rings. The molecule has 202 valence electrons. The highest BCUT2D eigenvalue weighted by Gasteiger charge is 2.28. The molecule has 2 amide bonds. The molecule has 0 aromatic heterocycles. The lowest BCUT2D eigenvalue weighted by Gasteiger charge is -2.30. The maximum Gasteiger partial charge on any atom is 0.242 e. The number of rotatable bonds is 12. The SMILES string of the molecule is CCc1ccc(N(CCCC(=O)N(Cc2cccc(C)c2)[C@H](C)C(=O)NC2CCCC2)S(C)(=O)=O)cc1. The van der Waals surface area contributed by atoms with E-state index in [4.69, 9.17) is 0 Å². The van der Waals surface area contributed by atoms with Gasteiger partial charge in [0.25, 0.3) is 0 Å². The lowest BCUT2D eigenvalue weighted by Crippen LogP contribution is -2.49. The Hall–Kier alpha value is -2.87. The van der Waals surface area contributed by atoms with Gasteiger partial charge in [0.05, 0.1) is 11.9 Å². The van der Waals surface area contributed by atoms with Crippen molar-refractivity contribution in [1.29, 1.82) is 0 Å². The fourth-order valence-corrected chi connectivity index (χ4v) is 5.85. The molecule has 2 aromatic carbocycles. The Kier molecular flexibility index (Phi) is 10.1. The van der Waals surface area contributed by atoms with Crippen LogP contribution in [0, 0.1) is 6.92 Å². The Labute approximate surface area is 222 Å². The molecule has 0 aliphatic heterocycles. The molecule has 1 aliphatic rings. The maximum absolute atomic E-state index is 13.4. The lowest BCUT2D eigenvalue weighted by molar-refractivity contribution is -0.141. The van der Waals surface area contributed by atoms with Crippen LogP contribution in [0.5, 0.6) is 0 Å². The van der Waals surface area contributed by atoms with Crippen LogP contribution in [0.25, 0.3) is 0 Å². The molecule has 0 radical (unpaired) electrons. The Bertz CT molecular complexity index is 1160. The fraction of sp³-hybridized carbons (Fsp3) is 0.517. The van der Waals surface area contributed by atoms with Crippen LogP contribution in [0.4, 0.5) is 5.69 Å². The number of carbonyl (C=O) groups excluding carboxylic acids is 2. The summed E-state index contributed by atoms with van der Waals surface area (Å²) in [7, 11) is -3.51. The van der Waals surface area contributed by atoms with E-state index in [0.717, 1.165) is 48.8 Å². The Morgan fingerprint density at radius 1 is 1.05 bits per heavy atom. The molecule has 1 saturated carbocycles. The number of anilines is 1. The van der Waals surface area contributed by atoms with Crippen LogP contribution in [0.1, 0.15) is 69.1 Å². The molecule has 0 bridgehead atoms. The number of nitrogens with one attached hydrogen (secondary N) is 1. The molecule has 0 unspecified atom stereocenters. The monoisotopic (exact) mass is 527 g/mol. The fourth-order valence-electron chi connectivity index (χ4n) is 4.88. The van der Waals surface area contributed by atoms with Crippen molar-refractivity contribution >= 4 is 27.5 Å². The second kappa shape index (κ2) is 13.1. The van der Waals surface area contributed by atoms with Gasteiger partial charge in [0.2, 0.25) is 21.8 Å². The smallest absolute Gasteiger partial charge is 0.242 e. The molecule has 1 aliphatic carbocycles. The average molecular weight is 528 g/mol. The van der Waals surface area contributed by atoms with Gasteiger partial charge in [0.1, 0.15) is 6.04 Å². The van der Waals surface area contributed by atoms with Gasteiger partial charge in [-0.2, -0.15) is 0 Å². The largest absolute Gasteiger partial charge is 0.352 e. The normalized spacial score (nSPS) is 14.8. The van der Waals surface area contributed by atoms with Crippen LogP contribution in [0.15, 0.2) is 48.5 Å². The van der Waals surface area contributed by atoms with Crippen LogP contribution >= 0.6 is 0 Å². The van der Waals surface area contributed by atoms with Crippen molar-refractivity contribution in [1.82, 2.24) is 10.2 Å². The van der Waals surface area contributed by atoms with E-state index in [1.165, 1.54) is 10.6 Å². The zero-order valence-electron chi connectivity index (χ0n) is 22.6. The van der Waals surface area contributed by atoms with E-state index in [0.29, 0.717) is 18.7 Å². The predicted octanol–water partition coefficient (Wildman–Crippen LogP) is 4.58. The van der Waals surface area contributed by atoms with Crippen LogP contribution in [0.3, 0.4) is 0 Å². The molecule has 0 heterocycles. The number of aryl methyl sites for hydroxylation is 2. The number of carbonyl (C=O) groups is 2. The molecule has 37 heavy (non-hydrogen) atoms. The molecule has 3 rings (SSSR count). The van der Waals surface area contributed by atoms with E-state index >= 15 is 0 Å². The molecule has 8 heteroatoms.